The molecule has 2 saturated heterocycles. The molecule has 8 aromatic rings. The summed E-state index contributed by atoms with van der Waals surface area (Å²) in [5.41, 5.74) is 12.6. The van der Waals surface area contributed by atoms with Crippen LogP contribution in [-0.4, -0.2) is 118 Å². The summed E-state index contributed by atoms with van der Waals surface area (Å²) in [7, 11) is 3.27. The molecule has 2 fully saturated rings. The van der Waals surface area contributed by atoms with Crippen LogP contribution < -0.4 is 9.47 Å². The third kappa shape index (κ3) is 11.4. The smallest absolute Gasteiger partial charge is 0.141 e. The van der Waals surface area contributed by atoms with Crippen LogP contribution in [0.3, 0.4) is 0 Å². The van der Waals surface area contributed by atoms with Crippen LogP contribution in [0, 0.1) is 27.7 Å². The van der Waals surface area contributed by atoms with Gasteiger partial charge in [-0.2, -0.15) is 0 Å². The molecule has 10 rings (SSSR count). The Balaban J connectivity index is 0.000000178. The van der Waals surface area contributed by atoms with Crippen LogP contribution in [-0.2, 0) is 48.2 Å². The van der Waals surface area contributed by atoms with Crippen molar-refractivity contribution in [2.24, 2.45) is 0 Å². The van der Waals surface area contributed by atoms with Gasteiger partial charge in [-0.3, -0.25) is 9.80 Å². The lowest BCUT2D eigenvalue weighted by Crippen LogP contribution is -2.44. The highest BCUT2D eigenvalue weighted by Crippen LogP contribution is 2.33. The summed E-state index contributed by atoms with van der Waals surface area (Å²) < 4.78 is 37.4. The van der Waals surface area contributed by atoms with Crippen molar-refractivity contribution in [1.29, 1.82) is 0 Å². The molecule has 2 aliphatic heterocycles. The molecule has 4 aromatic heterocycles. The summed E-state index contributed by atoms with van der Waals surface area (Å²) in [6, 6.07) is 25.7. The van der Waals surface area contributed by atoms with E-state index < -0.39 is 0 Å². The van der Waals surface area contributed by atoms with E-state index in [-0.39, 0.29) is 0 Å². The lowest BCUT2D eigenvalue weighted by molar-refractivity contribution is 0.0170. The standard InChI is InChI=1S/2C28H33ClN4O3/c2*1-18(32-11-13-35-14-12-32)17-33-25-8-7-22(28-19(2)31-36-20(28)3)16-24(25)30-27(33)10-6-21-5-9-26(34-4)23(29)15-21/h2*5,7-9,15-16,18H,6,10-14,17H2,1-4H3/t2*18-/m00/s1. The topological polar surface area (TPSA) is 131 Å². The van der Waals surface area contributed by atoms with Gasteiger partial charge in [0.1, 0.15) is 34.7 Å². The predicted octanol–water partition coefficient (Wildman–Crippen LogP) is 11.0. The molecule has 14 nitrogen and oxygen atoms in total. The Kier molecular flexibility index (Phi) is 16.3. The predicted molar refractivity (Wildman–Crippen MR) is 284 cm³/mol. The maximum absolute atomic E-state index is 6.38. The van der Waals surface area contributed by atoms with E-state index in [1.807, 2.05) is 52.0 Å². The first-order valence-electron chi connectivity index (χ1n) is 25.0. The van der Waals surface area contributed by atoms with Gasteiger partial charge in [0.2, 0.25) is 0 Å². The van der Waals surface area contributed by atoms with Crippen molar-refractivity contribution < 1.29 is 28.0 Å². The minimum atomic E-state index is 0.378. The molecule has 0 N–H and O–H groups in total. The first-order chi connectivity index (χ1) is 34.9. The number of nitrogens with zero attached hydrogens (tertiary/aromatic N) is 8. The Labute approximate surface area is 432 Å². The van der Waals surface area contributed by atoms with Crippen molar-refractivity contribution in [2.45, 2.75) is 92.4 Å². The van der Waals surface area contributed by atoms with Gasteiger partial charge in [-0.05, 0) is 125 Å². The van der Waals surface area contributed by atoms with Gasteiger partial charge >= 0.3 is 0 Å². The Morgan fingerprint density at radius 1 is 0.542 bits per heavy atom. The molecule has 6 heterocycles. The van der Waals surface area contributed by atoms with Crippen LogP contribution in [0.5, 0.6) is 11.5 Å². The van der Waals surface area contributed by atoms with Crippen LogP contribution in [0.25, 0.3) is 44.3 Å². The molecule has 0 radical (unpaired) electrons. The van der Waals surface area contributed by atoms with Gasteiger partial charge in [-0.15, -0.1) is 0 Å². The zero-order chi connectivity index (χ0) is 50.5. The summed E-state index contributed by atoms with van der Waals surface area (Å²) in [5, 5.41) is 9.53. The van der Waals surface area contributed by atoms with Gasteiger partial charge in [0.05, 0.1) is 84.1 Å². The summed E-state index contributed by atoms with van der Waals surface area (Å²) in [4.78, 5) is 15.2. The largest absolute Gasteiger partial charge is 0.495 e. The molecule has 0 spiro atoms. The highest BCUT2D eigenvalue weighted by molar-refractivity contribution is 6.32. The van der Waals surface area contributed by atoms with E-state index in [9.17, 15) is 0 Å². The number of hydrogen-bond acceptors (Lipinski definition) is 12. The number of imidazole rings is 2. The highest BCUT2D eigenvalue weighted by Gasteiger charge is 2.24. The fourth-order valence-electron chi connectivity index (χ4n) is 10.3. The molecule has 2 atom stereocenters. The van der Waals surface area contributed by atoms with E-state index in [0.717, 1.165) is 181 Å². The molecule has 72 heavy (non-hydrogen) atoms. The molecule has 16 heteroatoms. The van der Waals surface area contributed by atoms with Crippen LogP contribution >= 0.6 is 23.2 Å². The van der Waals surface area contributed by atoms with Crippen molar-refractivity contribution >= 4 is 45.3 Å². The summed E-state index contributed by atoms with van der Waals surface area (Å²) >= 11 is 12.8. The van der Waals surface area contributed by atoms with Gasteiger partial charge in [0.25, 0.3) is 0 Å². The zero-order valence-corrected chi connectivity index (χ0v) is 44.3. The lowest BCUT2D eigenvalue weighted by Gasteiger charge is -2.32. The van der Waals surface area contributed by atoms with E-state index in [4.69, 9.17) is 61.2 Å². The fraction of sp³-hybridized carbons (Fsp3) is 0.429. The maximum atomic E-state index is 6.38. The molecule has 0 amide bonds. The Morgan fingerprint density at radius 3 is 1.29 bits per heavy atom. The van der Waals surface area contributed by atoms with Crippen LogP contribution in [0.2, 0.25) is 10.0 Å². The Bertz CT molecular complexity index is 2880. The number of hydrogen-bond donors (Lipinski definition) is 0. The zero-order valence-electron chi connectivity index (χ0n) is 42.8. The molecule has 380 valence electrons. The maximum Gasteiger partial charge on any atom is 0.141 e. The molecule has 4 aromatic carbocycles. The SMILES string of the molecule is COc1ccc(CCc2nc3cc(-c4c(C)noc4C)ccc3n2C[C@H](C)N2CCOCC2)cc1Cl.COc1ccc(CCc2nc3cc(-c4c(C)noc4C)ccc3n2C[C@H](C)N2CCOCC2)cc1Cl. The number of fused-ring (bicyclic) bond motifs is 2. The molecular formula is C56H66Cl2N8O6. The number of aromatic nitrogens is 6. The summed E-state index contributed by atoms with van der Waals surface area (Å²) in [6.45, 7) is 21.2. The van der Waals surface area contributed by atoms with E-state index in [1.165, 1.54) is 0 Å². The van der Waals surface area contributed by atoms with Crippen molar-refractivity contribution in [2.75, 3.05) is 66.8 Å². The third-order valence-corrected chi connectivity index (χ3v) is 14.8. The van der Waals surface area contributed by atoms with Crippen LogP contribution in [0.4, 0.5) is 0 Å². The molecule has 2 aliphatic rings. The first kappa shape index (κ1) is 51.2. The number of methoxy groups -OCH3 is 2. The molecular weight excluding hydrogens is 952 g/mol. The van der Waals surface area contributed by atoms with Crippen molar-refractivity contribution in [3.8, 4) is 33.8 Å². The van der Waals surface area contributed by atoms with Crippen LogP contribution in [0.15, 0.2) is 81.8 Å². The van der Waals surface area contributed by atoms with Crippen LogP contribution in [0.1, 0.15) is 59.5 Å². The molecule has 0 bridgehead atoms. The van der Waals surface area contributed by atoms with Crippen molar-refractivity contribution in [3.05, 3.63) is 129 Å². The minimum absolute atomic E-state index is 0.378. The van der Waals surface area contributed by atoms with Crippen molar-refractivity contribution in [3.63, 3.8) is 0 Å². The van der Waals surface area contributed by atoms with Gasteiger partial charge in [0.15, 0.2) is 0 Å². The van der Waals surface area contributed by atoms with Gasteiger partial charge in [-0.25, -0.2) is 9.97 Å². The Morgan fingerprint density at radius 2 is 0.944 bits per heavy atom. The second kappa shape index (κ2) is 23.0. The second-order valence-electron chi connectivity index (χ2n) is 19.0. The number of morpholine rings is 2. The molecule has 0 unspecified atom stereocenters. The van der Waals surface area contributed by atoms with E-state index in [2.05, 4.69) is 91.6 Å². The first-order valence-corrected chi connectivity index (χ1v) is 25.8. The molecule has 0 aliphatic carbocycles. The normalized spacial score (nSPS) is 15.5. The monoisotopic (exact) mass is 1020 g/mol. The third-order valence-electron chi connectivity index (χ3n) is 14.2. The Hall–Kier alpha value is -5.74. The second-order valence-corrected chi connectivity index (χ2v) is 19.8. The van der Waals surface area contributed by atoms with Gasteiger partial charge in [-0.1, -0.05) is 57.8 Å². The number of aryl methyl sites for hydroxylation is 8. The lowest BCUT2D eigenvalue weighted by atomic mass is 10.0. The quantitative estimate of drug-likeness (QED) is 0.0913. The number of halogens is 2. The van der Waals surface area contributed by atoms with E-state index in [1.54, 1.807) is 14.2 Å². The van der Waals surface area contributed by atoms with E-state index >= 15 is 0 Å². The van der Waals surface area contributed by atoms with Crippen molar-refractivity contribution in [1.82, 2.24) is 39.2 Å². The average molecular weight is 1020 g/mol. The summed E-state index contributed by atoms with van der Waals surface area (Å²) in [6.07, 6.45) is 3.31. The number of benzene rings is 4. The number of rotatable bonds is 16. The number of ether oxygens (including phenoxy) is 4. The fourth-order valence-corrected chi connectivity index (χ4v) is 10.8. The highest BCUT2D eigenvalue weighted by atomic mass is 35.5. The van der Waals surface area contributed by atoms with Gasteiger partial charge in [0, 0.05) is 75.3 Å². The summed E-state index contributed by atoms with van der Waals surface area (Å²) in [5.74, 6) is 5.19. The van der Waals surface area contributed by atoms with Gasteiger partial charge < -0.3 is 37.1 Å². The molecule has 0 saturated carbocycles. The average Bonchev–Trinajstić information content (AvgIpc) is 4.13. The minimum Gasteiger partial charge on any atom is -0.495 e. The van der Waals surface area contributed by atoms with E-state index in [0.29, 0.717) is 33.6 Å².